The maximum Gasteiger partial charge on any atom is 0.337 e. The van der Waals surface area contributed by atoms with Crippen molar-refractivity contribution in [3.63, 3.8) is 0 Å². The molecule has 70 valence electrons. The van der Waals surface area contributed by atoms with Gasteiger partial charge in [-0.15, -0.1) is 0 Å². The van der Waals surface area contributed by atoms with Gasteiger partial charge < -0.3 is 15.9 Å². The Morgan fingerprint density at radius 1 is 1.62 bits per heavy atom. The minimum atomic E-state index is -1.06. The van der Waals surface area contributed by atoms with E-state index in [2.05, 4.69) is 4.98 Å². The molecule has 0 saturated heterocycles. The lowest BCUT2D eigenvalue weighted by molar-refractivity contribution is 0.0696. The first kappa shape index (κ1) is 9.63. The highest BCUT2D eigenvalue weighted by molar-refractivity contribution is 5.87. The summed E-state index contributed by atoms with van der Waals surface area (Å²) >= 11 is 0. The van der Waals surface area contributed by atoms with Gasteiger partial charge in [0, 0.05) is 12.4 Å². The van der Waals surface area contributed by atoms with E-state index in [4.69, 9.17) is 15.9 Å². The summed E-state index contributed by atoms with van der Waals surface area (Å²) < 4.78 is 0. The molecule has 0 amide bonds. The maximum absolute atomic E-state index is 10.5. The molecule has 0 spiro atoms. The van der Waals surface area contributed by atoms with Crippen molar-refractivity contribution in [3.8, 4) is 0 Å². The van der Waals surface area contributed by atoms with Crippen LogP contribution in [0.3, 0.4) is 0 Å². The topological polar surface area (TPSA) is 96.4 Å². The normalized spacial score (nSPS) is 12.5. The zero-order chi connectivity index (χ0) is 9.84. The number of rotatable bonds is 3. The van der Waals surface area contributed by atoms with Crippen molar-refractivity contribution in [3.05, 3.63) is 29.6 Å². The number of carboxylic acids is 1. The SMILES string of the molecule is NC(CO)c1cncc(C(=O)O)c1. The lowest BCUT2D eigenvalue weighted by Crippen LogP contribution is -2.15. The number of pyridine rings is 1. The number of hydrogen-bond donors (Lipinski definition) is 3. The molecule has 1 aromatic rings. The predicted molar refractivity (Wildman–Crippen MR) is 45.2 cm³/mol. The summed E-state index contributed by atoms with van der Waals surface area (Å²) in [6.45, 7) is -0.231. The number of carboxylic acid groups (broad SMARTS) is 1. The first-order valence-corrected chi connectivity index (χ1v) is 3.70. The van der Waals surface area contributed by atoms with E-state index in [1.54, 1.807) is 0 Å². The molecule has 0 bridgehead atoms. The Morgan fingerprint density at radius 3 is 2.85 bits per heavy atom. The lowest BCUT2D eigenvalue weighted by atomic mass is 10.1. The molecule has 0 aromatic carbocycles. The maximum atomic E-state index is 10.5. The summed E-state index contributed by atoms with van der Waals surface area (Å²) in [5.41, 5.74) is 6.07. The van der Waals surface area contributed by atoms with E-state index in [0.717, 1.165) is 0 Å². The third-order valence-corrected chi connectivity index (χ3v) is 1.63. The van der Waals surface area contributed by atoms with Crippen molar-refractivity contribution < 1.29 is 15.0 Å². The van der Waals surface area contributed by atoms with Crippen LogP contribution in [0.15, 0.2) is 18.5 Å². The van der Waals surface area contributed by atoms with E-state index in [1.165, 1.54) is 18.5 Å². The zero-order valence-electron chi connectivity index (χ0n) is 6.84. The van der Waals surface area contributed by atoms with Gasteiger partial charge in [0.25, 0.3) is 0 Å². The molecular formula is C8H10N2O3. The lowest BCUT2D eigenvalue weighted by Gasteiger charge is -2.07. The fourth-order valence-corrected chi connectivity index (χ4v) is 0.883. The van der Waals surface area contributed by atoms with Crippen molar-refractivity contribution in [2.75, 3.05) is 6.61 Å². The second-order valence-corrected chi connectivity index (χ2v) is 2.60. The Hall–Kier alpha value is -1.46. The highest BCUT2D eigenvalue weighted by Gasteiger charge is 2.08. The van der Waals surface area contributed by atoms with Gasteiger partial charge >= 0.3 is 5.97 Å². The molecule has 0 aliphatic rings. The number of aliphatic hydroxyl groups is 1. The Kier molecular flexibility index (Phi) is 2.94. The Bertz CT molecular complexity index is 314. The largest absolute Gasteiger partial charge is 0.478 e. The number of aliphatic hydroxyl groups excluding tert-OH is 1. The summed E-state index contributed by atoms with van der Waals surface area (Å²) in [5.74, 6) is -1.06. The van der Waals surface area contributed by atoms with Crippen molar-refractivity contribution in [1.29, 1.82) is 0 Å². The first-order chi connectivity index (χ1) is 6.15. The monoisotopic (exact) mass is 182 g/mol. The molecular weight excluding hydrogens is 172 g/mol. The number of aromatic carboxylic acids is 1. The summed E-state index contributed by atoms with van der Waals surface area (Å²) in [4.78, 5) is 14.2. The van der Waals surface area contributed by atoms with E-state index in [9.17, 15) is 4.79 Å². The third-order valence-electron chi connectivity index (χ3n) is 1.63. The number of hydrogen-bond acceptors (Lipinski definition) is 4. The third kappa shape index (κ3) is 2.24. The van der Waals surface area contributed by atoms with Crippen LogP contribution in [0.4, 0.5) is 0 Å². The fourth-order valence-electron chi connectivity index (χ4n) is 0.883. The van der Waals surface area contributed by atoms with Crippen LogP contribution in [0.25, 0.3) is 0 Å². The van der Waals surface area contributed by atoms with Gasteiger partial charge in [0.1, 0.15) is 0 Å². The fraction of sp³-hybridized carbons (Fsp3) is 0.250. The van der Waals surface area contributed by atoms with Gasteiger partial charge in [-0.3, -0.25) is 4.98 Å². The quantitative estimate of drug-likeness (QED) is 0.600. The molecule has 0 radical (unpaired) electrons. The minimum absolute atomic E-state index is 0.0707. The van der Waals surface area contributed by atoms with Crippen LogP contribution in [0.5, 0.6) is 0 Å². The molecule has 13 heavy (non-hydrogen) atoms. The van der Waals surface area contributed by atoms with Crippen LogP contribution in [-0.4, -0.2) is 27.8 Å². The predicted octanol–water partition coefficient (Wildman–Crippen LogP) is -0.228. The average Bonchev–Trinajstić information content (AvgIpc) is 2.17. The first-order valence-electron chi connectivity index (χ1n) is 3.70. The van der Waals surface area contributed by atoms with Gasteiger partial charge in [0.15, 0.2) is 0 Å². The standard InChI is InChI=1S/C8H10N2O3/c9-7(4-11)5-1-6(8(12)13)3-10-2-5/h1-3,7,11H,4,9H2,(H,12,13). The van der Waals surface area contributed by atoms with E-state index < -0.39 is 12.0 Å². The summed E-state index contributed by atoms with van der Waals surface area (Å²) in [5, 5.41) is 17.3. The summed E-state index contributed by atoms with van der Waals surface area (Å²) in [6.07, 6.45) is 2.67. The van der Waals surface area contributed by atoms with Gasteiger partial charge in [0.2, 0.25) is 0 Å². The average molecular weight is 182 g/mol. The van der Waals surface area contributed by atoms with Crippen LogP contribution in [-0.2, 0) is 0 Å². The molecule has 1 rings (SSSR count). The molecule has 5 nitrogen and oxygen atoms in total. The molecule has 1 heterocycles. The molecule has 5 heteroatoms. The van der Waals surface area contributed by atoms with Crippen molar-refractivity contribution in [1.82, 2.24) is 4.98 Å². The van der Waals surface area contributed by atoms with Crippen LogP contribution >= 0.6 is 0 Å². The second-order valence-electron chi connectivity index (χ2n) is 2.60. The van der Waals surface area contributed by atoms with Gasteiger partial charge in [-0.25, -0.2) is 4.79 Å². The summed E-state index contributed by atoms with van der Waals surface area (Å²) in [6, 6.07) is 0.822. The van der Waals surface area contributed by atoms with E-state index >= 15 is 0 Å². The van der Waals surface area contributed by atoms with Crippen LogP contribution in [0.1, 0.15) is 22.0 Å². The number of aromatic nitrogens is 1. The van der Waals surface area contributed by atoms with Crippen molar-refractivity contribution in [2.24, 2.45) is 5.73 Å². The van der Waals surface area contributed by atoms with Gasteiger partial charge in [-0.2, -0.15) is 0 Å². The second kappa shape index (κ2) is 3.97. The zero-order valence-corrected chi connectivity index (χ0v) is 6.84. The smallest absolute Gasteiger partial charge is 0.337 e. The molecule has 1 atom stereocenters. The highest BCUT2D eigenvalue weighted by atomic mass is 16.4. The Labute approximate surface area is 74.8 Å². The molecule has 4 N–H and O–H groups in total. The number of carbonyl (C=O) groups is 1. The number of nitrogens with two attached hydrogens (primary N) is 1. The van der Waals surface area contributed by atoms with Crippen LogP contribution in [0.2, 0.25) is 0 Å². The Morgan fingerprint density at radius 2 is 2.31 bits per heavy atom. The molecule has 0 aliphatic carbocycles. The van der Waals surface area contributed by atoms with Crippen molar-refractivity contribution >= 4 is 5.97 Å². The molecule has 0 aliphatic heterocycles. The highest BCUT2D eigenvalue weighted by Crippen LogP contribution is 2.09. The summed E-state index contributed by atoms with van der Waals surface area (Å²) in [7, 11) is 0. The van der Waals surface area contributed by atoms with Gasteiger partial charge in [-0.05, 0) is 11.6 Å². The molecule has 1 unspecified atom stereocenters. The molecule has 0 saturated carbocycles. The van der Waals surface area contributed by atoms with Gasteiger partial charge in [0.05, 0.1) is 18.2 Å². The Balaban J connectivity index is 2.98. The van der Waals surface area contributed by atoms with Crippen LogP contribution in [0, 0.1) is 0 Å². The molecule has 0 fully saturated rings. The molecule has 1 aromatic heterocycles. The number of nitrogens with zero attached hydrogens (tertiary/aromatic N) is 1. The van der Waals surface area contributed by atoms with E-state index in [0.29, 0.717) is 5.56 Å². The van der Waals surface area contributed by atoms with Gasteiger partial charge in [-0.1, -0.05) is 0 Å². The van der Waals surface area contributed by atoms with E-state index in [1.807, 2.05) is 0 Å². The van der Waals surface area contributed by atoms with Crippen molar-refractivity contribution in [2.45, 2.75) is 6.04 Å². The van der Waals surface area contributed by atoms with E-state index in [-0.39, 0.29) is 12.2 Å². The minimum Gasteiger partial charge on any atom is -0.478 e. The van der Waals surface area contributed by atoms with Crippen LogP contribution < -0.4 is 5.73 Å².